The third kappa shape index (κ3) is 10.4. The molecule has 2 rings (SSSR count). The predicted molar refractivity (Wildman–Crippen MR) is 147 cm³/mol. The summed E-state index contributed by atoms with van der Waals surface area (Å²) in [6.45, 7) is 7.92. The van der Waals surface area contributed by atoms with Gasteiger partial charge >= 0.3 is 0 Å². The van der Waals surface area contributed by atoms with Gasteiger partial charge < -0.3 is 20.1 Å². The van der Waals surface area contributed by atoms with Crippen molar-refractivity contribution in [3.8, 4) is 5.75 Å². The minimum atomic E-state index is -0.219. The van der Waals surface area contributed by atoms with E-state index in [2.05, 4.69) is 31.4 Å². The number of carbonyl (C=O) groups is 2. The van der Waals surface area contributed by atoms with E-state index in [4.69, 9.17) is 9.47 Å². The molecule has 0 spiro atoms. The van der Waals surface area contributed by atoms with Crippen LogP contribution in [-0.2, 0) is 4.74 Å². The molecule has 0 atom stereocenters. The van der Waals surface area contributed by atoms with Gasteiger partial charge in [0.25, 0.3) is 11.8 Å². The molecule has 0 aliphatic heterocycles. The number of carbonyl (C=O) groups excluding carboxylic acids is 2. The highest BCUT2D eigenvalue weighted by molar-refractivity contribution is 6.05. The van der Waals surface area contributed by atoms with E-state index in [1.165, 1.54) is 44.9 Å². The smallest absolute Gasteiger partial charge is 0.255 e. The fourth-order valence-electron chi connectivity index (χ4n) is 4.00. The van der Waals surface area contributed by atoms with Crippen molar-refractivity contribution in [2.45, 2.75) is 78.1 Å². The zero-order valence-electron chi connectivity index (χ0n) is 22.5. The van der Waals surface area contributed by atoms with Crippen LogP contribution in [0.3, 0.4) is 0 Å². The largest absolute Gasteiger partial charge is 0.494 e. The standard InChI is InChI=1S/C30H44N2O4/c1-5-6-7-8-9-10-11-12-20-36-26-16-13-24(14-17-26)30(34)32-28-22-25(15-18-27(28)23(2)3)29(33)31-19-21-35-4/h13-18,22-23H,5-12,19-21H2,1-4H3,(H,31,33)(H,32,34). The van der Waals surface area contributed by atoms with Gasteiger partial charge in [-0.05, 0) is 54.3 Å². The van der Waals surface area contributed by atoms with Crippen LogP contribution in [0.5, 0.6) is 5.75 Å². The second-order valence-corrected chi connectivity index (χ2v) is 9.51. The maximum atomic E-state index is 12.9. The average molecular weight is 497 g/mol. The van der Waals surface area contributed by atoms with Gasteiger partial charge in [0.05, 0.1) is 13.2 Å². The highest BCUT2D eigenvalue weighted by atomic mass is 16.5. The van der Waals surface area contributed by atoms with Crippen molar-refractivity contribution in [3.63, 3.8) is 0 Å². The van der Waals surface area contributed by atoms with Gasteiger partial charge in [-0.3, -0.25) is 9.59 Å². The van der Waals surface area contributed by atoms with Crippen molar-refractivity contribution in [2.75, 3.05) is 32.2 Å². The van der Waals surface area contributed by atoms with Gasteiger partial charge in [0.1, 0.15) is 5.75 Å². The molecule has 0 aliphatic rings. The summed E-state index contributed by atoms with van der Waals surface area (Å²) in [4.78, 5) is 25.4. The second kappa shape index (κ2) is 16.7. The van der Waals surface area contributed by atoms with Crippen molar-refractivity contribution in [1.29, 1.82) is 0 Å². The summed E-state index contributed by atoms with van der Waals surface area (Å²) in [5, 5.41) is 5.80. The van der Waals surface area contributed by atoms with Gasteiger partial charge in [-0.1, -0.05) is 71.8 Å². The zero-order chi connectivity index (χ0) is 26.2. The molecule has 0 radical (unpaired) electrons. The first kappa shape index (κ1) is 29.4. The van der Waals surface area contributed by atoms with Crippen LogP contribution in [0.4, 0.5) is 5.69 Å². The van der Waals surface area contributed by atoms with E-state index in [9.17, 15) is 9.59 Å². The van der Waals surface area contributed by atoms with Gasteiger partial charge in [-0.15, -0.1) is 0 Å². The first-order valence-electron chi connectivity index (χ1n) is 13.4. The fourth-order valence-corrected chi connectivity index (χ4v) is 4.00. The summed E-state index contributed by atoms with van der Waals surface area (Å²) in [5.41, 5.74) is 2.65. The molecule has 6 heteroatoms. The Morgan fingerprint density at radius 2 is 1.44 bits per heavy atom. The number of ether oxygens (including phenoxy) is 2. The molecule has 0 aromatic heterocycles. The summed E-state index contributed by atoms with van der Waals surface area (Å²) < 4.78 is 10.8. The number of benzene rings is 2. The first-order valence-corrected chi connectivity index (χ1v) is 13.4. The second-order valence-electron chi connectivity index (χ2n) is 9.51. The summed E-state index contributed by atoms with van der Waals surface area (Å²) in [5.74, 6) is 0.546. The molecule has 2 aromatic carbocycles. The molecular formula is C30H44N2O4. The van der Waals surface area contributed by atoms with Crippen LogP contribution in [0.2, 0.25) is 0 Å². The van der Waals surface area contributed by atoms with Crippen LogP contribution in [0.1, 0.15) is 104 Å². The molecule has 2 N–H and O–H groups in total. The number of methoxy groups -OCH3 is 1. The highest BCUT2D eigenvalue weighted by Gasteiger charge is 2.15. The number of nitrogens with one attached hydrogen (secondary N) is 2. The maximum Gasteiger partial charge on any atom is 0.255 e. The molecule has 0 saturated heterocycles. The number of rotatable bonds is 17. The maximum absolute atomic E-state index is 12.9. The molecule has 0 bridgehead atoms. The van der Waals surface area contributed by atoms with E-state index in [1.807, 2.05) is 18.2 Å². The van der Waals surface area contributed by atoms with Gasteiger partial charge in [0, 0.05) is 30.5 Å². The fraction of sp³-hybridized carbons (Fsp3) is 0.533. The molecular weight excluding hydrogens is 452 g/mol. The molecule has 2 aromatic rings. The molecule has 198 valence electrons. The highest BCUT2D eigenvalue weighted by Crippen LogP contribution is 2.26. The van der Waals surface area contributed by atoms with E-state index in [0.717, 1.165) is 17.7 Å². The van der Waals surface area contributed by atoms with Gasteiger partial charge in [-0.25, -0.2) is 0 Å². The summed E-state index contributed by atoms with van der Waals surface area (Å²) >= 11 is 0. The number of hydrogen-bond acceptors (Lipinski definition) is 4. The monoisotopic (exact) mass is 496 g/mol. The Labute approximate surface area is 217 Å². The Bertz CT molecular complexity index is 925. The van der Waals surface area contributed by atoms with Crippen LogP contribution in [0.25, 0.3) is 0 Å². The van der Waals surface area contributed by atoms with E-state index < -0.39 is 0 Å². The SMILES string of the molecule is CCCCCCCCCCOc1ccc(C(=O)Nc2cc(C(=O)NCCOC)ccc2C(C)C)cc1. The quantitative estimate of drug-likeness (QED) is 0.232. The van der Waals surface area contributed by atoms with Crippen LogP contribution in [0.15, 0.2) is 42.5 Å². The van der Waals surface area contributed by atoms with E-state index in [0.29, 0.717) is 36.6 Å². The van der Waals surface area contributed by atoms with Gasteiger partial charge in [0.2, 0.25) is 0 Å². The van der Waals surface area contributed by atoms with E-state index in [-0.39, 0.29) is 17.7 Å². The Kier molecular flexibility index (Phi) is 13.7. The Morgan fingerprint density at radius 1 is 0.806 bits per heavy atom. The topological polar surface area (TPSA) is 76.7 Å². The van der Waals surface area contributed by atoms with Gasteiger partial charge in [-0.2, -0.15) is 0 Å². The van der Waals surface area contributed by atoms with Crippen LogP contribution >= 0.6 is 0 Å². The van der Waals surface area contributed by atoms with E-state index >= 15 is 0 Å². The lowest BCUT2D eigenvalue weighted by Crippen LogP contribution is -2.27. The lowest BCUT2D eigenvalue weighted by atomic mass is 9.98. The molecule has 0 heterocycles. The minimum absolute atomic E-state index is 0.193. The number of unbranched alkanes of at least 4 members (excludes halogenated alkanes) is 7. The predicted octanol–water partition coefficient (Wildman–Crippen LogP) is 6.96. The third-order valence-corrected chi connectivity index (χ3v) is 6.16. The Morgan fingerprint density at radius 3 is 2.08 bits per heavy atom. The van der Waals surface area contributed by atoms with Crippen molar-refractivity contribution < 1.29 is 19.1 Å². The van der Waals surface area contributed by atoms with Crippen molar-refractivity contribution >= 4 is 17.5 Å². The average Bonchev–Trinajstić information content (AvgIpc) is 2.88. The zero-order valence-corrected chi connectivity index (χ0v) is 22.5. The lowest BCUT2D eigenvalue weighted by Gasteiger charge is -2.16. The van der Waals surface area contributed by atoms with Crippen molar-refractivity contribution in [1.82, 2.24) is 5.32 Å². The molecule has 0 fully saturated rings. The summed E-state index contributed by atoms with van der Waals surface area (Å²) in [7, 11) is 1.59. The van der Waals surface area contributed by atoms with Crippen molar-refractivity contribution in [2.24, 2.45) is 0 Å². The molecule has 0 unspecified atom stereocenters. The summed E-state index contributed by atoms with van der Waals surface area (Å²) in [6.07, 6.45) is 10.1. The van der Waals surface area contributed by atoms with Crippen LogP contribution in [-0.4, -0.2) is 38.7 Å². The molecule has 2 amide bonds. The van der Waals surface area contributed by atoms with E-state index in [1.54, 1.807) is 31.4 Å². The molecule has 0 aliphatic carbocycles. The molecule has 0 saturated carbocycles. The van der Waals surface area contributed by atoms with Crippen LogP contribution < -0.4 is 15.4 Å². The minimum Gasteiger partial charge on any atom is -0.494 e. The van der Waals surface area contributed by atoms with Crippen molar-refractivity contribution in [3.05, 3.63) is 59.2 Å². The number of anilines is 1. The molecule has 6 nitrogen and oxygen atoms in total. The molecule has 36 heavy (non-hydrogen) atoms. The van der Waals surface area contributed by atoms with Gasteiger partial charge in [0.15, 0.2) is 0 Å². The Hall–Kier alpha value is -2.86. The Balaban J connectivity index is 1.88. The first-order chi connectivity index (χ1) is 17.5. The van der Waals surface area contributed by atoms with Crippen LogP contribution in [0, 0.1) is 0 Å². The normalized spacial score (nSPS) is 10.9. The third-order valence-electron chi connectivity index (χ3n) is 6.16. The number of amides is 2. The summed E-state index contributed by atoms with van der Waals surface area (Å²) in [6, 6.07) is 12.6. The lowest BCUT2D eigenvalue weighted by molar-refractivity contribution is 0.0936. The number of hydrogen-bond donors (Lipinski definition) is 2.